The van der Waals surface area contributed by atoms with Crippen LogP contribution in [0.15, 0.2) is 140 Å². The lowest BCUT2D eigenvalue weighted by Gasteiger charge is -2.26. The summed E-state index contributed by atoms with van der Waals surface area (Å²) in [5.41, 5.74) is 8.31. The highest BCUT2D eigenvalue weighted by molar-refractivity contribution is 5.79. The molecule has 0 aliphatic carbocycles. The zero-order valence-electron chi connectivity index (χ0n) is 23.2. The Labute approximate surface area is 225 Å². The van der Waals surface area contributed by atoms with Gasteiger partial charge in [-0.05, 0) is 58.7 Å². The molecular weight excluding hydrogens is 446 g/mol. The van der Waals surface area contributed by atoms with E-state index in [0.717, 1.165) is 17.1 Å². The van der Waals surface area contributed by atoms with Gasteiger partial charge >= 0.3 is 0 Å². The van der Waals surface area contributed by atoms with Crippen LogP contribution in [-0.4, -0.2) is 0 Å². The Kier molecular flexibility index (Phi) is 13.0. The Morgan fingerprint density at radius 3 is 0.838 bits per heavy atom. The highest BCUT2D eigenvalue weighted by Crippen LogP contribution is 2.36. The van der Waals surface area contributed by atoms with Gasteiger partial charge in [0.1, 0.15) is 0 Å². The van der Waals surface area contributed by atoms with Crippen LogP contribution in [0.25, 0.3) is 22.3 Å². The Bertz CT molecular complexity index is 1140. The summed E-state index contributed by atoms with van der Waals surface area (Å²) in [5.74, 6) is 0. The SMILES string of the molecule is CC.CC.CC.c1ccc(-c2ccc(N(c3ccccc3)c3ccc(-c4ccccc4)cc3)cc2)cc1. The summed E-state index contributed by atoms with van der Waals surface area (Å²) in [7, 11) is 0. The molecule has 0 atom stereocenters. The number of anilines is 3. The Morgan fingerprint density at radius 2 is 0.514 bits per heavy atom. The van der Waals surface area contributed by atoms with Crippen molar-refractivity contribution < 1.29 is 0 Å². The molecule has 0 saturated heterocycles. The minimum atomic E-state index is 1.14. The van der Waals surface area contributed by atoms with Gasteiger partial charge in [-0.2, -0.15) is 0 Å². The van der Waals surface area contributed by atoms with Gasteiger partial charge in [0.05, 0.1) is 0 Å². The van der Waals surface area contributed by atoms with Gasteiger partial charge in [-0.3, -0.25) is 0 Å². The van der Waals surface area contributed by atoms with E-state index in [4.69, 9.17) is 0 Å². The van der Waals surface area contributed by atoms with Crippen molar-refractivity contribution in [3.63, 3.8) is 0 Å². The lowest BCUT2D eigenvalue weighted by Crippen LogP contribution is -2.09. The molecule has 0 unspecified atom stereocenters. The van der Waals surface area contributed by atoms with Crippen molar-refractivity contribution in [1.29, 1.82) is 0 Å². The zero-order valence-corrected chi connectivity index (χ0v) is 23.2. The molecule has 0 amide bonds. The smallest absolute Gasteiger partial charge is 0.0462 e. The largest absolute Gasteiger partial charge is 0.311 e. The molecule has 1 nitrogen and oxygen atoms in total. The van der Waals surface area contributed by atoms with Crippen LogP contribution >= 0.6 is 0 Å². The zero-order chi connectivity index (χ0) is 26.9. The topological polar surface area (TPSA) is 3.24 Å². The molecule has 0 spiro atoms. The van der Waals surface area contributed by atoms with E-state index in [1.807, 2.05) is 53.7 Å². The van der Waals surface area contributed by atoms with Crippen LogP contribution in [-0.2, 0) is 0 Å². The molecule has 1 heteroatoms. The standard InChI is InChI=1S/C30H23N.3C2H6/c1-4-10-24(11-5-1)26-16-20-29(21-17-26)31(28-14-8-3-9-15-28)30-22-18-27(19-23-30)25-12-6-2-7-13-25;3*1-2/h1-23H;3*1-2H3. The second-order valence-electron chi connectivity index (χ2n) is 7.50. The molecule has 190 valence electrons. The predicted octanol–water partition coefficient (Wildman–Crippen LogP) is 11.6. The summed E-state index contributed by atoms with van der Waals surface area (Å²) in [6, 6.07) is 49.1. The highest BCUT2D eigenvalue weighted by atomic mass is 15.1. The van der Waals surface area contributed by atoms with E-state index >= 15 is 0 Å². The third-order valence-corrected chi connectivity index (χ3v) is 5.48. The van der Waals surface area contributed by atoms with E-state index in [9.17, 15) is 0 Å². The van der Waals surface area contributed by atoms with Crippen LogP contribution in [0.2, 0.25) is 0 Å². The summed E-state index contributed by atoms with van der Waals surface area (Å²) in [6.45, 7) is 12.0. The second-order valence-corrected chi connectivity index (χ2v) is 7.50. The first kappa shape index (κ1) is 29.1. The summed E-state index contributed by atoms with van der Waals surface area (Å²) in [5, 5.41) is 0. The van der Waals surface area contributed by atoms with E-state index in [-0.39, 0.29) is 0 Å². The van der Waals surface area contributed by atoms with Crippen LogP contribution < -0.4 is 4.90 Å². The van der Waals surface area contributed by atoms with Crippen molar-refractivity contribution in [2.75, 3.05) is 4.90 Å². The fourth-order valence-corrected chi connectivity index (χ4v) is 3.89. The van der Waals surface area contributed by atoms with Gasteiger partial charge in [0.25, 0.3) is 0 Å². The number of hydrogen-bond donors (Lipinski definition) is 0. The number of rotatable bonds is 5. The molecule has 0 N–H and O–H groups in total. The first-order valence-corrected chi connectivity index (χ1v) is 13.5. The van der Waals surface area contributed by atoms with Crippen molar-refractivity contribution in [2.24, 2.45) is 0 Å². The van der Waals surface area contributed by atoms with Gasteiger partial charge in [-0.25, -0.2) is 0 Å². The van der Waals surface area contributed by atoms with E-state index in [1.54, 1.807) is 0 Å². The van der Waals surface area contributed by atoms with Gasteiger partial charge < -0.3 is 4.90 Å². The summed E-state index contributed by atoms with van der Waals surface area (Å²) in [6.07, 6.45) is 0. The Morgan fingerprint density at radius 1 is 0.270 bits per heavy atom. The average molecular weight is 488 g/mol. The molecular formula is C36H41N. The van der Waals surface area contributed by atoms with E-state index in [2.05, 4.69) is 132 Å². The number of hydrogen-bond acceptors (Lipinski definition) is 1. The minimum absolute atomic E-state index is 1.14. The fourth-order valence-electron chi connectivity index (χ4n) is 3.89. The molecule has 0 heterocycles. The van der Waals surface area contributed by atoms with E-state index < -0.39 is 0 Å². The molecule has 0 saturated carbocycles. The highest BCUT2D eigenvalue weighted by Gasteiger charge is 2.12. The molecule has 0 fully saturated rings. The first-order valence-electron chi connectivity index (χ1n) is 13.5. The van der Waals surface area contributed by atoms with E-state index in [0.29, 0.717) is 0 Å². The van der Waals surface area contributed by atoms with Crippen LogP contribution in [0.3, 0.4) is 0 Å². The van der Waals surface area contributed by atoms with Crippen molar-refractivity contribution >= 4 is 17.1 Å². The molecule has 0 aliphatic heterocycles. The number of benzene rings is 5. The summed E-state index contributed by atoms with van der Waals surface area (Å²) < 4.78 is 0. The van der Waals surface area contributed by atoms with Crippen molar-refractivity contribution in [1.82, 2.24) is 0 Å². The third-order valence-electron chi connectivity index (χ3n) is 5.48. The maximum atomic E-state index is 2.30. The molecule has 5 aromatic rings. The molecule has 0 radical (unpaired) electrons. The molecule has 5 rings (SSSR count). The van der Waals surface area contributed by atoms with Crippen LogP contribution in [0, 0.1) is 0 Å². The monoisotopic (exact) mass is 487 g/mol. The molecule has 5 aromatic carbocycles. The maximum Gasteiger partial charge on any atom is 0.0462 e. The van der Waals surface area contributed by atoms with Crippen molar-refractivity contribution in [3.8, 4) is 22.3 Å². The van der Waals surface area contributed by atoms with Crippen molar-refractivity contribution in [2.45, 2.75) is 41.5 Å². The van der Waals surface area contributed by atoms with Gasteiger partial charge in [-0.15, -0.1) is 0 Å². The Hall–Kier alpha value is -4.10. The lowest BCUT2D eigenvalue weighted by atomic mass is 10.0. The molecule has 0 aromatic heterocycles. The minimum Gasteiger partial charge on any atom is -0.311 e. The van der Waals surface area contributed by atoms with Crippen LogP contribution in [0.4, 0.5) is 17.1 Å². The maximum absolute atomic E-state index is 2.30. The van der Waals surface area contributed by atoms with Gasteiger partial charge in [0.2, 0.25) is 0 Å². The van der Waals surface area contributed by atoms with E-state index in [1.165, 1.54) is 22.3 Å². The van der Waals surface area contributed by atoms with Crippen LogP contribution in [0.1, 0.15) is 41.5 Å². The second kappa shape index (κ2) is 16.5. The number of nitrogens with zero attached hydrogens (tertiary/aromatic N) is 1. The fraction of sp³-hybridized carbons (Fsp3) is 0.167. The number of para-hydroxylation sites is 1. The summed E-state index contributed by atoms with van der Waals surface area (Å²) >= 11 is 0. The van der Waals surface area contributed by atoms with Gasteiger partial charge in [0, 0.05) is 17.1 Å². The first-order chi connectivity index (χ1) is 18.4. The lowest BCUT2D eigenvalue weighted by molar-refractivity contribution is 1.28. The Balaban J connectivity index is 0.000000750. The molecule has 0 bridgehead atoms. The van der Waals surface area contributed by atoms with Crippen LogP contribution in [0.5, 0.6) is 0 Å². The normalized spacial score (nSPS) is 9.35. The quantitative estimate of drug-likeness (QED) is 0.238. The van der Waals surface area contributed by atoms with Gasteiger partial charge in [0.15, 0.2) is 0 Å². The third kappa shape index (κ3) is 7.95. The molecule has 37 heavy (non-hydrogen) atoms. The molecule has 0 aliphatic rings. The predicted molar refractivity (Wildman–Crippen MR) is 166 cm³/mol. The van der Waals surface area contributed by atoms with Gasteiger partial charge in [-0.1, -0.05) is 145 Å². The van der Waals surface area contributed by atoms with Crippen molar-refractivity contribution in [3.05, 3.63) is 140 Å². The average Bonchev–Trinajstić information content (AvgIpc) is 3.02. The summed E-state index contributed by atoms with van der Waals surface area (Å²) in [4.78, 5) is 2.30.